The van der Waals surface area contributed by atoms with E-state index in [4.69, 9.17) is 16.6 Å². The van der Waals surface area contributed by atoms with Crippen LogP contribution in [0.15, 0.2) is 66.7 Å². The number of aryl methyl sites for hydroxylation is 1. The van der Waals surface area contributed by atoms with Crippen LogP contribution in [-0.2, 0) is 6.42 Å². The Morgan fingerprint density at radius 1 is 0.938 bits per heavy atom. The third kappa shape index (κ3) is 4.23. The number of aromatic nitrogens is 1. The average Bonchev–Trinajstić information content (AvgIpc) is 3.29. The summed E-state index contributed by atoms with van der Waals surface area (Å²) in [6.45, 7) is 4.98. The fraction of sp³-hybridized carbons (Fsp3) is 0.231. The van der Waals surface area contributed by atoms with Crippen LogP contribution >= 0.6 is 22.9 Å². The number of hydrogen-bond acceptors (Lipinski definition) is 4. The number of piperazine rings is 1. The molecule has 1 saturated heterocycles. The number of carbonyl (C=O) groups is 1. The summed E-state index contributed by atoms with van der Waals surface area (Å²) in [6.07, 6.45) is 0.875. The van der Waals surface area contributed by atoms with Gasteiger partial charge in [0.25, 0.3) is 5.91 Å². The van der Waals surface area contributed by atoms with Crippen LogP contribution in [0.5, 0.6) is 0 Å². The molecule has 0 unspecified atom stereocenters. The van der Waals surface area contributed by atoms with Crippen molar-refractivity contribution in [1.29, 1.82) is 0 Å². The molecule has 6 heteroatoms. The topological polar surface area (TPSA) is 36.4 Å². The molecular formula is C26H24ClN3OS. The highest BCUT2D eigenvalue weighted by atomic mass is 35.5. The van der Waals surface area contributed by atoms with E-state index in [2.05, 4.69) is 48.2 Å². The van der Waals surface area contributed by atoms with Gasteiger partial charge in [-0.15, -0.1) is 0 Å². The summed E-state index contributed by atoms with van der Waals surface area (Å²) in [7, 11) is 0. The van der Waals surface area contributed by atoms with Crippen molar-refractivity contribution >= 4 is 44.2 Å². The molecule has 1 aliphatic heterocycles. The maximum Gasteiger partial charge on any atom is 0.253 e. The van der Waals surface area contributed by atoms with Gasteiger partial charge in [-0.1, -0.05) is 71.5 Å². The van der Waals surface area contributed by atoms with Gasteiger partial charge in [-0.2, -0.15) is 0 Å². The Balaban J connectivity index is 1.23. The second-order valence-electron chi connectivity index (χ2n) is 8.18. The summed E-state index contributed by atoms with van der Waals surface area (Å²) in [5.74, 6) is 0.0964. The molecule has 0 saturated carbocycles. The molecule has 3 aromatic carbocycles. The van der Waals surface area contributed by atoms with Crippen LogP contribution in [0.1, 0.15) is 27.0 Å². The zero-order valence-electron chi connectivity index (χ0n) is 17.9. The van der Waals surface area contributed by atoms with Crippen molar-refractivity contribution in [2.45, 2.75) is 13.3 Å². The van der Waals surface area contributed by atoms with Crippen LogP contribution in [0, 0.1) is 6.92 Å². The van der Waals surface area contributed by atoms with Gasteiger partial charge in [-0.05, 0) is 48.2 Å². The average molecular weight is 462 g/mol. The first-order valence-corrected chi connectivity index (χ1v) is 12.0. The number of thiazole rings is 1. The minimum Gasteiger partial charge on any atom is -0.345 e. The van der Waals surface area contributed by atoms with Crippen LogP contribution in [0.4, 0.5) is 5.13 Å². The number of rotatable bonds is 4. The number of amides is 1. The summed E-state index contributed by atoms with van der Waals surface area (Å²) >= 11 is 8.00. The molecule has 0 aliphatic carbocycles. The highest BCUT2D eigenvalue weighted by molar-refractivity contribution is 7.22. The molecule has 1 fully saturated rings. The molecule has 0 N–H and O–H groups in total. The second-order valence-corrected chi connectivity index (χ2v) is 9.56. The molecule has 0 spiro atoms. The molecule has 0 atom stereocenters. The SMILES string of the molecule is Cc1ccc(Cl)c2sc(N3CCN(C(=O)c4ccc(Cc5ccccc5)cc4)CC3)nc12. The Morgan fingerprint density at radius 3 is 2.31 bits per heavy atom. The van der Waals surface area contributed by atoms with Gasteiger partial charge in [-0.25, -0.2) is 4.98 Å². The smallest absolute Gasteiger partial charge is 0.253 e. The van der Waals surface area contributed by atoms with Crippen LogP contribution in [-0.4, -0.2) is 42.0 Å². The number of fused-ring (bicyclic) bond motifs is 1. The minimum atomic E-state index is 0.0964. The quantitative estimate of drug-likeness (QED) is 0.384. The molecule has 0 radical (unpaired) electrons. The largest absolute Gasteiger partial charge is 0.345 e. The first-order chi connectivity index (χ1) is 15.6. The second kappa shape index (κ2) is 8.93. The van der Waals surface area contributed by atoms with Gasteiger partial charge in [0.05, 0.1) is 15.2 Å². The molecule has 0 bridgehead atoms. The van der Waals surface area contributed by atoms with Gasteiger partial charge in [0.15, 0.2) is 5.13 Å². The summed E-state index contributed by atoms with van der Waals surface area (Å²) in [5.41, 5.74) is 5.34. The summed E-state index contributed by atoms with van der Waals surface area (Å²) in [4.78, 5) is 22.0. The van der Waals surface area contributed by atoms with Gasteiger partial charge >= 0.3 is 0 Å². The number of benzene rings is 3. The van der Waals surface area contributed by atoms with Crippen LogP contribution < -0.4 is 4.90 Å². The lowest BCUT2D eigenvalue weighted by Gasteiger charge is -2.34. The molecule has 32 heavy (non-hydrogen) atoms. The van der Waals surface area contributed by atoms with Gasteiger partial charge < -0.3 is 9.80 Å². The molecule has 1 aliphatic rings. The van der Waals surface area contributed by atoms with Gasteiger partial charge in [0.1, 0.15) is 0 Å². The van der Waals surface area contributed by atoms with Crippen LogP contribution in [0.3, 0.4) is 0 Å². The van der Waals surface area contributed by atoms with Crippen molar-refractivity contribution < 1.29 is 4.79 Å². The van der Waals surface area contributed by atoms with E-state index >= 15 is 0 Å². The highest BCUT2D eigenvalue weighted by Crippen LogP contribution is 2.35. The minimum absolute atomic E-state index is 0.0964. The molecule has 1 aromatic heterocycles. The molecule has 4 aromatic rings. The number of carbonyl (C=O) groups excluding carboxylic acids is 1. The first kappa shape index (κ1) is 21.0. The van der Waals surface area contributed by atoms with E-state index in [1.54, 1.807) is 11.3 Å². The van der Waals surface area contributed by atoms with Gasteiger partial charge in [0.2, 0.25) is 0 Å². The van der Waals surface area contributed by atoms with Crippen LogP contribution in [0.25, 0.3) is 10.2 Å². The fourth-order valence-electron chi connectivity index (χ4n) is 4.11. The van der Waals surface area contributed by atoms with E-state index in [1.165, 1.54) is 11.1 Å². The van der Waals surface area contributed by atoms with Crippen molar-refractivity contribution in [1.82, 2.24) is 9.88 Å². The number of halogens is 1. The Morgan fingerprint density at radius 2 is 1.62 bits per heavy atom. The fourth-order valence-corrected chi connectivity index (χ4v) is 5.47. The number of hydrogen-bond donors (Lipinski definition) is 0. The van der Waals surface area contributed by atoms with E-state index in [-0.39, 0.29) is 5.91 Å². The van der Waals surface area contributed by atoms with E-state index in [0.29, 0.717) is 13.1 Å². The molecular weight excluding hydrogens is 438 g/mol. The third-order valence-electron chi connectivity index (χ3n) is 5.98. The Labute approximate surface area is 197 Å². The van der Waals surface area contributed by atoms with E-state index in [1.807, 2.05) is 35.2 Å². The third-order valence-corrected chi connectivity index (χ3v) is 7.55. The summed E-state index contributed by atoms with van der Waals surface area (Å²) in [5, 5.41) is 1.73. The zero-order chi connectivity index (χ0) is 22.1. The Hall–Kier alpha value is -2.89. The van der Waals surface area contributed by atoms with E-state index in [0.717, 1.165) is 51.0 Å². The maximum atomic E-state index is 13.0. The standard InChI is InChI=1S/C26H24ClN3OS/c1-18-7-12-22(27)24-23(18)28-26(32-24)30-15-13-29(14-16-30)25(31)21-10-8-20(9-11-21)17-19-5-3-2-4-6-19/h2-12H,13-17H2,1H3. The van der Waals surface area contributed by atoms with Crippen molar-refractivity contribution in [2.24, 2.45) is 0 Å². The zero-order valence-corrected chi connectivity index (χ0v) is 19.5. The summed E-state index contributed by atoms with van der Waals surface area (Å²) in [6, 6.07) is 22.3. The molecule has 162 valence electrons. The lowest BCUT2D eigenvalue weighted by atomic mass is 10.0. The van der Waals surface area contributed by atoms with Crippen molar-refractivity contribution in [3.8, 4) is 0 Å². The lowest BCUT2D eigenvalue weighted by molar-refractivity contribution is 0.0747. The predicted octanol–water partition coefficient (Wildman–Crippen LogP) is 5.81. The predicted molar refractivity (Wildman–Crippen MR) is 133 cm³/mol. The monoisotopic (exact) mass is 461 g/mol. The van der Waals surface area contributed by atoms with E-state index < -0.39 is 0 Å². The van der Waals surface area contributed by atoms with Crippen molar-refractivity contribution in [3.05, 3.63) is 94.0 Å². The molecule has 5 rings (SSSR count). The first-order valence-electron chi connectivity index (χ1n) is 10.8. The van der Waals surface area contributed by atoms with E-state index in [9.17, 15) is 4.79 Å². The normalized spacial score (nSPS) is 14.2. The van der Waals surface area contributed by atoms with Crippen LogP contribution in [0.2, 0.25) is 5.02 Å². The summed E-state index contributed by atoms with van der Waals surface area (Å²) < 4.78 is 1.04. The molecule has 2 heterocycles. The van der Waals surface area contributed by atoms with Gasteiger partial charge in [0, 0.05) is 31.7 Å². The highest BCUT2D eigenvalue weighted by Gasteiger charge is 2.24. The van der Waals surface area contributed by atoms with Crippen molar-refractivity contribution in [2.75, 3.05) is 31.1 Å². The van der Waals surface area contributed by atoms with Gasteiger partial charge in [-0.3, -0.25) is 4.79 Å². The molecule has 1 amide bonds. The lowest BCUT2D eigenvalue weighted by Crippen LogP contribution is -2.48. The Bertz CT molecular complexity index is 1210. The maximum absolute atomic E-state index is 13.0. The Kier molecular flexibility index (Phi) is 5.85. The number of anilines is 1. The van der Waals surface area contributed by atoms with Crippen molar-refractivity contribution in [3.63, 3.8) is 0 Å². The molecule has 4 nitrogen and oxygen atoms in total. The number of nitrogens with zero attached hydrogens (tertiary/aromatic N) is 3.